The number of carbonyl (C=O) groups excluding carboxylic acids is 1. The second-order valence-electron chi connectivity index (χ2n) is 5.44. The third-order valence-corrected chi connectivity index (χ3v) is 4.05. The molecule has 21 heavy (non-hydrogen) atoms. The van der Waals surface area contributed by atoms with Crippen molar-refractivity contribution in [2.45, 2.75) is 44.6 Å². The number of nitrogens with zero attached hydrogens (tertiary/aromatic N) is 1. The molecule has 1 saturated heterocycles. The fraction of sp³-hybridized carbons (Fsp3) is 0.500. The Morgan fingerprint density at radius 3 is 2.62 bits per heavy atom. The highest BCUT2D eigenvalue weighted by atomic mass is 19.1. The van der Waals surface area contributed by atoms with Gasteiger partial charge in [0.15, 0.2) is 0 Å². The van der Waals surface area contributed by atoms with E-state index >= 15 is 0 Å². The summed E-state index contributed by atoms with van der Waals surface area (Å²) in [5.74, 6) is -1.59. The first-order chi connectivity index (χ1) is 10.0. The topological polar surface area (TPSA) is 57.6 Å². The summed E-state index contributed by atoms with van der Waals surface area (Å²) in [5, 5.41) is 8.94. The Kier molecular flexibility index (Phi) is 4.94. The van der Waals surface area contributed by atoms with Crippen LogP contribution >= 0.6 is 0 Å². The van der Waals surface area contributed by atoms with Gasteiger partial charge < -0.3 is 10.0 Å². The number of halogens is 1. The van der Waals surface area contributed by atoms with Gasteiger partial charge in [-0.1, -0.05) is 19.1 Å². The van der Waals surface area contributed by atoms with Gasteiger partial charge in [-0.25, -0.2) is 4.39 Å². The summed E-state index contributed by atoms with van der Waals surface area (Å²) >= 11 is 0. The minimum Gasteiger partial charge on any atom is -0.481 e. The van der Waals surface area contributed by atoms with E-state index in [0.29, 0.717) is 13.0 Å². The zero-order valence-corrected chi connectivity index (χ0v) is 12.1. The number of hydrogen-bond donors (Lipinski definition) is 1. The van der Waals surface area contributed by atoms with Crippen molar-refractivity contribution in [1.29, 1.82) is 0 Å². The lowest BCUT2D eigenvalue weighted by atomic mass is 9.94. The van der Waals surface area contributed by atoms with E-state index in [-0.39, 0.29) is 30.1 Å². The molecule has 0 bridgehead atoms. The molecular weight excluding hydrogens is 273 g/mol. The number of aliphatic carboxylic acids is 1. The van der Waals surface area contributed by atoms with Crippen LogP contribution < -0.4 is 0 Å². The van der Waals surface area contributed by atoms with E-state index in [1.54, 1.807) is 17.0 Å². The van der Waals surface area contributed by atoms with Crippen molar-refractivity contribution in [1.82, 2.24) is 4.90 Å². The third kappa shape index (κ3) is 3.60. The Morgan fingerprint density at radius 1 is 1.38 bits per heavy atom. The molecule has 0 aromatic heterocycles. The predicted octanol–water partition coefficient (Wildman–Crippen LogP) is 2.79. The Morgan fingerprint density at radius 2 is 2.05 bits per heavy atom. The molecule has 0 saturated carbocycles. The van der Waals surface area contributed by atoms with Crippen LogP contribution in [-0.4, -0.2) is 34.5 Å². The van der Waals surface area contributed by atoms with Crippen LogP contribution in [0.3, 0.4) is 0 Å². The molecule has 0 spiro atoms. The van der Waals surface area contributed by atoms with Crippen LogP contribution in [0.2, 0.25) is 0 Å². The summed E-state index contributed by atoms with van der Waals surface area (Å²) in [6, 6.07) is 5.74. The lowest BCUT2D eigenvalue weighted by Crippen LogP contribution is -2.39. The number of carbonyl (C=O) groups is 2. The number of hydrogen-bond acceptors (Lipinski definition) is 2. The molecule has 2 atom stereocenters. The van der Waals surface area contributed by atoms with E-state index in [0.717, 1.165) is 18.4 Å². The molecule has 1 aliphatic heterocycles. The number of carboxylic acid groups (broad SMARTS) is 1. The summed E-state index contributed by atoms with van der Waals surface area (Å²) in [6.07, 6.45) is 2.17. The first-order valence-corrected chi connectivity index (χ1v) is 7.30. The number of likely N-dealkylation sites (tertiary alicyclic amines) is 1. The van der Waals surface area contributed by atoms with E-state index in [1.807, 2.05) is 6.92 Å². The molecule has 1 aromatic rings. The molecule has 1 aliphatic rings. The summed E-state index contributed by atoms with van der Waals surface area (Å²) in [5.41, 5.74) is 0.782. The van der Waals surface area contributed by atoms with Crippen molar-refractivity contribution in [3.05, 3.63) is 35.6 Å². The van der Waals surface area contributed by atoms with Crippen molar-refractivity contribution in [2.75, 3.05) is 6.54 Å². The standard InChI is InChI=1S/C16H20FNO3/c1-2-14(11-5-7-12(17)8-6-11)16(21)18-9-3-4-13(18)10-15(19)20/h5-8,13-14H,2-4,9-10H2,1H3,(H,19,20). The SMILES string of the molecule is CCC(C(=O)N1CCCC1CC(=O)O)c1ccc(F)cc1. The maximum absolute atomic E-state index is 13.0. The fourth-order valence-electron chi connectivity index (χ4n) is 2.99. The predicted molar refractivity (Wildman–Crippen MR) is 76.4 cm³/mol. The zero-order valence-electron chi connectivity index (χ0n) is 12.1. The molecule has 0 aliphatic carbocycles. The number of benzene rings is 1. The van der Waals surface area contributed by atoms with Crippen LogP contribution in [0.1, 0.15) is 44.1 Å². The summed E-state index contributed by atoms with van der Waals surface area (Å²) in [7, 11) is 0. The van der Waals surface area contributed by atoms with Crippen LogP contribution in [0.5, 0.6) is 0 Å². The van der Waals surface area contributed by atoms with Crippen LogP contribution in [-0.2, 0) is 9.59 Å². The van der Waals surface area contributed by atoms with Gasteiger partial charge >= 0.3 is 5.97 Å². The van der Waals surface area contributed by atoms with Crippen molar-refractivity contribution < 1.29 is 19.1 Å². The smallest absolute Gasteiger partial charge is 0.305 e. The molecule has 114 valence electrons. The normalized spacial score (nSPS) is 19.5. The quantitative estimate of drug-likeness (QED) is 0.908. The van der Waals surface area contributed by atoms with Crippen LogP contribution in [0, 0.1) is 5.82 Å². The van der Waals surface area contributed by atoms with E-state index in [9.17, 15) is 14.0 Å². The lowest BCUT2D eigenvalue weighted by molar-refractivity contribution is -0.140. The molecule has 1 fully saturated rings. The molecule has 1 aromatic carbocycles. The maximum atomic E-state index is 13.0. The van der Waals surface area contributed by atoms with Crippen LogP contribution in [0.25, 0.3) is 0 Å². The molecule has 2 rings (SSSR count). The Balaban J connectivity index is 2.15. The second-order valence-corrected chi connectivity index (χ2v) is 5.44. The first kappa shape index (κ1) is 15.5. The van der Waals surface area contributed by atoms with Gasteiger partial charge in [0.05, 0.1) is 12.3 Å². The van der Waals surface area contributed by atoms with Crippen LogP contribution in [0.15, 0.2) is 24.3 Å². The first-order valence-electron chi connectivity index (χ1n) is 7.30. The van der Waals surface area contributed by atoms with Gasteiger partial charge in [0.25, 0.3) is 0 Å². The number of carboxylic acids is 1. The molecule has 5 heteroatoms. The number of amides is 1. The highest BCUT2D eigenvalue weighted by Gasteiger charge is 2.34. The minimum absolute atomic E-state index is 0.00834. The van der Waals surface area contributed by atoms with Crippen molar-refractivity contribution in [2.24, 2.45) is 0 Å². The van der Waals surface area contributed by atoms with Gasteiger partial charge in [-0.15, -0.1) is 0 Å². The molecule has 4 nitrogen and oxygen atoms in total. The van der Waals surface area contributed by atoms with E-state index in [2.05, 4.69) is 0 Å². The Bertz CT molecular complexity index is 515. The highest BCUT2D eigenvalue weighted by Crippen LogP contribution is 2.28. The highest BCUT2D eigenvalue weighted by molar-refractivity contribution is 5.84. The molecule has 1 N–H and O–H groups in total. The monoisotopic (exact) mass is 293 g/mol. The maximum Gasteiger partial charge on any atom is 0.305 e. The summed E-state index contributed by atoms with van der Waals surface area (Å²) < 4.78 is 13.0. The van der Waals surface area contributed by atoms with Crippen molar-refractivity contribution in [3.63, 3.8) is 0 Å². The average Bonchev–Trinajstić information content (AvgIpc) is 2.88. The molecular formula is C16H20FNO3. The molecule has 1 heterocycles. The average molecular weight is 293 g/mol. The number of rotatable bonds is 5. The van der Waals surface area contributed by atoms with Gasteiger partial charge in [0.1, 0.15) is 5.82 Å². The molecule has 1 amide bonds. The van der Waals surface area contributed by atoms with E-state index in [1.165, 1.54) is 12.1 Å². The fourth-order valence-corrected chi connectivity index (χ4v) is 2.99. The van der Waals surface area contributed by atoms with Gasteiger partial charge in [0, 0.05) is 12.6 Å². The summed E-state index contributed by atoms with van der Waals surface area (Å²) in [4.78, 5) is 25.3. The third-order valence-electron chi connectivity index (χ3n) is 4.05. The molecule has 2 unspecified atom stereocenters. The summed E-state index contributed by atoms with van der Waals surface area (Å²) in [6.45, 7) is 2.52. The van der Waals surface area contributed by atoms with Gasteiger partial charge in [0.2, 0.25) is 5.91 Å². The lowest BCUT2D eigenvalue weighted by Gasteiger charge is -2.28. The van der Waals surface area contributed by atoms with Gasteiger partial charge in [-0.3, -0.25) is 9.59 Å². The zero-order chi connectivity index (χ0) is 15.4. The minimum atomic E-state index is -0.880. The van der Waals surface area contributed by atoms with Crippen LogP contribution in [0.4, 0.5) is 4.39 Å². The largest absolute Gasteiger partial charge is 0.481 e. The second kappa shape index (κ2) is 6.70. The van der Waals surface area contributed by atoms with E-state index in [4.69, 9.17) is 5.11 Å². The Labute approximate surface area is 123 Å². The van der Waals surface area contributed by atoms with Gasteiger partial charge in [-0.05, 0) is 37.0 Å². The van der Waals surface area contributed by atoms with E-state index < -0.39 is 5.97 Å². The van der Waals surface area contributed by atoms with Gasteiger partial charge in [-0.2, -0.15) is 0 Å². The van der Waals surface area contributed by atoms with Crippen molar-refractivity contribution >= 4 is 11.9 Å². The Hall–Kier alpha value is -1.91. The molecule has 0 radical (unpaired) electrons. The van der Waals surface area contributed by atoms with Crippen molar-refractivity contribution in [3.8, 4) is 0 Å².